The molecule has 1 aromatic carbocycles. The van der Waals surface area contributed by atoms with E-state index in [0.717, 1.165) is 17.0 Å². The van der Waals surface area contributed by atoms with Gasteiger partial charge in [0, 0.05) is 19.0 Å². The molecule has 1 heterocycles. The normalized spacial score (nSPS) is 21.3. The average molecular weight is 298 g/mol. The number of amides is 1. The molecular weight excluding hydrogens is 287 g/mol. The van der Waals surface area contributed by atoms with Crippen LogP contribution in [0, 0.1) is 15.9 Å². The van der Waals surface area contributed by atoms with Gasteiger partial charge < -0.3 is 15.1 Å². The number of halogens is 1. The van der Waals surface area contributed by atoms with Crippen LogP contribution >= 0.6 is 0 Å². The molecule has 112 valence electrons. The Labute approximate surface area is 117 Å². The Kier molecular flexibility index (Phi) is 3.85. The standard InChI is InChI=1S/C12H11FN2O6/c13-6-1-2-9(15(20)21)8(3-6)11(17)14-5-7(16)4-10(14)12(18)19/h1-3,7,10,16H,4-5H2,(H,18,19)/t7?,10-/m0/s1. The molecule has 9 heteroatoms. The van der Waals surface area contributed by atoms with Crippen LogP contribution in [0.15, 0.2) is 18.2 Å². The van der Waals surface area contributed by atoms with Gasteiger partial charge in [-0.2, -0.15) is 0 Å². The van der Waals surface area contributed by atoms with Crippen LogP contribution in [-0.2, 0) is 4.79 Å². The van der Waals surface area contributed by atoms with Crippen molar-refractivity contribution >= 4 is 17.6 Å². The number of hydrogen-bond acceptors (Lipinski definition) is 5. The molecule has 1 aliphatic heterocycles. The molecular formula is C12H11FN2O6. The molecule has 21 heavy (non-hydrogen) atoms. The molecule has 1 amide bonds. The summed E-state index contributed by atoms with van der Waals surface area (Å²) in [7, 11) is 0. The van der Waals surface area contributed by atoms with E-state index in [1.54, 1.807) is 0 Å². The Hall–Kier alpha value is -2.55. The predicted molar refractivity (Wildman–Crippen MR) is 66.1 cm³/mol. The fraction of sp³-hybridized carbons (Fsp3) is 0.333. The number of carbonyl (C=O) groups is 2. The number of benzene rings is 1. The van der Waals surface area contributed by atoms with Crippen molar-refractivity contribution in [3.05, 3.63) is 39.7 Å². The highest BCUT2D eigenvalue weighted by atomic mass is 19.1. The van der Waals surface area contributed by atoms with Gasteiger partial charge in [0.05, 0.1) is 11.0 Å². The largest absolute Gasteiger partial charge is 0.480 e. The van der Waals surface area contributed by atoms with Crippen LogP contribution in [0.1, 0.15) is 16.8 Å². The molecule has 8 nitrogen and oxygen atoms in total. The van der Waals surface area contributed by atoms with Crippen molar-refractivity contribution in [3.63, 3.8) is 0 Å². The highest BCUT2D eigenvalue weighted by Gasteiger charge is 2.40. The van der Waals surface area contributed by atoms with Crippen LogP contribution in [0.2, 0.25) is 0 Å². The summed E-state index contributed by atoms with van der Waals surface area (Å²) in [5, 5.41) is 29.4. The first-order chi connectivity index (χ1) is 9.81. The molecule has 0 bridgehead atoms. The van der Waals surface area contributed by atoms with Crippen LogP contribution in [-0.4, -0.2) is 50.6 Å². The first-order valence-electron chi connectivity index (χ1n) is 5.97. The van der Waals surface area contributed by atoms with Crippen LogP contribution in [0.4, 0.5) is 10.1 Å². The predicted octanol–water partition coefficient (Wildman–Crippen LogP) is 0.394. The maximum Gasteiger partial charge on any atom is 0.326 e. The van der Waals surface area contributed by atoms with Gasteiger partial charge >= 0.3 is 5.97 Å². The maximum atomic E-state index is 13.2. The number of aliphatic hydroxyl groups is 1. The van der Waals surface area contributed by atoms with E-state index in [1.807, 2.05) is 0 Å². The van der Waals surface area contributed by atoms with Crippen molar-refractivity contribution in [2.24, 2.45) is 0 Å². The summed E-state index contributed by atoms with van der Waals surface area (Å²) in [6.07, 6.45) is -1.22. The molecule has 1 saturated heterocycles. The van der Waals surface area contributed by atoms with E-state index < -0.39 is 46.0 Å². The monoisotopic (exact) mass is 298 g/mol. The summed E-state index contributed by atoms with van der Waals surface area (Å²) in [5.74, 6) is -3.18. The minimum atomic E-state index is -1.33. The van der Waals surface area contributed by atoms with Crippen molar-refractivity contribution in [2.75, 3.05) is 6.54 Å². The SMILES string of the molecule is O=C(O)[C@@H]1CC(O)CN1C(=O)c1cc(F)ccc1[N+](=O)[O-]. The molecule has 0 radical (unpaired) electrons. The Bertz CT molecular complexity index is 620. The van der Waals surface area contributed by atoms with Gasteiger partial charge in [0.25, 0.3) is 11.6 Å². The number of nitrogens with zero attached hydrogens (tertiary/aromatic N) is 2. The molecule has 0 aromatic heterocycles. The second-order valence-electron chi connectivity index (χ2n) is 4.62. The lowest BCUT2D eigenvalue weighted by molar-refractivity contribution is -0.385. The minimum absolute atomic E-state index is 0.176. The number of likely N-dealkylation sites (tertiary alicyclic amines) is 1. The highest BCUT2D eigenvalue weighted by Crippen LogP contribution is 2.26. The van der Waals surface area contributed by atoms with Crippen molar-refractivity contribution in [3.8, 4) is 0 Å². The third-order valence-electron chi connectivity index (χ3n) is 3.21. The zero-order valence-corrected chi connectivity index (χ0v) is 10.6. The van der Waals surface area contributed by atoms with Gasteiger partial charge in [-0.3, -0.25) is 14.9 Å². The van der Waals surface area contributed by atoms with Gasteiger partial charge in [0.2, 0.25) is 0 Å². The number of carbonyl (C=O) groups excluding carboxylic acids is 1. The first kappa shape index (κ1) is 14.9. The molecule has 2 atom stereocenters. The maximum absolute atomic E-state index is 13.2. The molecule has 1 fully saturated rings. The third-order valence-corrected chi connectivity index (χ3v) is 3.21. The number of β-amino-alcohol motifs (C(OH)–C–C–N with tert-alkyl or cyclic N) is 1. The number of rotatable bonds is 3. The van der Waals surface area contributed by atoms with Gasteiger partial charge in [-0.25, -0.2) is 9.18 Å². The number of aliphatic hydroxyl groups excluding tert-OH is 1. The van der Waals surface area contributed by atoms with Crippen LogP contribution < -0.4 is 0 Å². The molecule has 2 N–H and O–H groups in total. The van der Waals surface area contributed by atoms with Crippen molar-refractivity contribution in [1.29, 1.82) is 0 Å². The minimum Gasteiger partial charge on any atom is -0.480 e. The Morgan fingerprint density at radius 1 is 1.43 bits per heavy atom. The second-order valence-corrected chi connectivity index (χ2v) is 4.62. The number of carboxylic acids is 1. The molecule has 1 aliphatic rings. The summed E-state index contributed by atoms with van der Waals surface area (Å²) in [5.41, 5.74) is -1.16. The summed E-state index contributed by atoms with van der Waals surface area (Å²) in [4.78, 5) is 34.2. The van der Waals surface area contributed by atoms with Gasteiger partial charge in [0.15, 0.2) is 0 Å². The summed E-state index contributed by atoms with van der Waals surface area (Å²) >= 11 is 0. The third kappa shape index (κ3) is 2.82. The van der Waals surface area contributed by atoms with Crippen molar-refractivity contribution in [1.82, 2.24) is 4.90 Å². The Morgan fingerprint density at radius 2 is 2.10 bits per heavy atom. The van der Waals surface area contributed by atoms with Gasteiger partial charge in [-0.1, -0.05) is 0 Å². The van der Waals surface area contributed by atoms with Gasteiger partial charge in [-0.15, -0.1) is 0 Å². The van der Waals surface area contributed by atoms with Gasteiger partial charge in [0.1, 0.15) is 17.4 Å². The fourth-order valence-electron chi connectivity index (χ4n) is 2.27. The van der Waals surface area contributed by atoms with E-state index in [9.17, 15) is 29.2 Å². The number of nitro groups is 1. The summed E-state index contributed by atoms with van der Waals surface area (Å²) < 4.78 is 13.2. The lowest BCUT2D eigenvalue weighted by Gasteiger charge is -2.21. The lowest BCUT2D eigenvalue weighted by Crippen LogP contribution is -2.40. The quantitative estimate of drug-likeness (QED) is 0.615. The van der Waals surface area contributed by atoms with Crippen LogP contribution in [0.25, 0.3) is 0 Å². The van der Waals surface area contributed by atoms with Crippen molar-refractivity contribution < 1.29 is 29.1 Å². The first-order valence-corrected chi connectivity index (χ1v) is 5.97. The fourth-order valence-corrected chi connectivity index (χ4v) is 2.27. The number of hydrogen-bond donors (Lipinski definition) is 2. The number of nitro benzene ring substituents is 1. The summed E-state index contributed by atoms with van der Waals surface area (Å²) in [6.45, 7) is -0.274. The van der Waals surface area contributed by atoms with E-state index in [4.69, 9.17) is 5.11 Å². The van der Waals surface area contributed by atoms with Crippen LogP contribution in [0.3, 0.4) is 0 Å². The average Bonchev–Trinajstić information content (AvgIpc) is 2.79. The molecule has 2 rings (SSSR count). The zero-order valence-electron chi connectivity index (χ0n) is 10.6. The highest BCUT2D eigenvalue weighted by molar-refractivity contribution is 6.00. The molecule has 0 aliphatic carbocycles. The van der Waals surface area contributed by atoms with E-state index in [1.165, 1.54) is 0 Å². The molecule has 1 aromatic rings. The molecule has 1 unspecified atom stereocenters. The molecule has 0 saturated carbocycles. The number of carboxylic acid groups (broad SMARTS) is 1. The van der Waals surface area contributed by atoms with E-state index in [0.29, 0.717) is 6.07 Å². The number of aliphatic carboxylic acids is 1. The van der Waals surface area contributed by atoms with Crippen LogP contribution in [0.5, 0.6) is 0 Å². The summed E-state index contributed by atoms with van der Waals surface area (Å²) in [6, 6.07) is 1.06. The smallest absolute Gasteiger partial charge is 0.326 e. The lowest BCUT2D eigenvalue weighted by atomic mass is 10.1. The van der Waals surface area contributed by atoms with E-state index in [2.05, 4.69) is 0 Å². The second kappa shape index (κ2) is 5.44. The zero-order chi connectivity index (χ0) is 15.7. The van der Waals surface area contributed by atoms with E-state index in [-0.39, 0.29) is 13.0 Å². The van der Waals surface area contributed by atoms with E-state index >= 15 is 0 Å². The Balaban J connectivity index is 2.42. The van der Waals surface area contributed by atoms with Crippen molar-refractivity contribution in [2.45, 2.75) is 18.6 Å². The topological polar surface area (TPSA) is 121 Å². The van der Waals surface area contributed by atoms with Gasteiger partial charge in [-0.05, 0) is 12.1 Å². The molecule has 0 spiro atoms. The Morgan fingerprint density at radius 3 is 2.67 bits per heavy atom.